The molecule has 0 saturated carbocycles. The van der Waals surface area contributed by atoms with Crippen molar-refractivity contribution in [3.8, 4) is 69.7 Å². The quantitative estimate of drug-likeness (QED) is 0.0700. The van der Waals surface area contributed by atoms with Crippen LogP contribution in [0.15, 0.2) is 84.9 Å². The first-order valence-electron chi connectivity index (χ1n) is 22.9. The number of carbonyl (C=O) groups is 2. The number of carboxylic acid groups (broad SMARTS) is 1. The van der Waals surface area contributed by atoms with Crippen molar-refractivity contribution >= 4 is 78.0 Å². The monoisotopic (exact) mass is 1130 g/mol. The maximum Gasteiger partial charge on any atom is 0.356 e. The van der Waals surface area contributed by atoms with Gasteiger partial charge in [-0.3, -0.25) is 16.1 Å². The van der Waals surface area contributed by atoms with Crippen LogP contribution in [0.4, 0.5) is 0 Å². The molecule has 2 saturated heterocycles. The highest BCUT2D eigenvalue weighted by atomic mass is 35.5. The van der Waals surface area contributed by atoms with Crippen molar-refractivity contribution < 1.29 is 31.5 Å². The van der Waals surface area contributed by atoms with Gasteiger partial charge in [-0.25, -0.2) is 41.0 Å². The van der Waals surface area contributed by atoms with Crippen molar-refractivity contribution in [3.63, 3.8) is 0 Å². The number of nitrogens with two attached hydrogens (primary N) is 1. The van der Waals surface area contributed by atoms with E-state index in [0.29, 0.717) is 92.8 Å². The number of aromatic nitrogens is 4. The number of nitrogens with one attached hydrogen (secondary N) is 1. The lowest BCUT2D eigenvalue weighted by molar-refractivity contribution is 0.0688. The number of carboxylic acids is 1. The predicted molar refractivity (Wildman–Crippen MR) is 290 cm³/mol. The predicted octanol–water partition coefficient (Wildman–Crippen LogP) is 8.28. The molecule has 4 heterocycles. The number of rotatable bonds is 9. The number of hydrazine groups is 2. The second kappa shape index (κ2) is 26.2. The zero-order valence-electron chi connectivity index (χ0n) is 40.4. The zero-order chi connectivity index (χ0) is 54.5. The molecule has 4 aromatic carbocycles. The number of aromatic carboxylic acids is 1. The van der Waals surface area contributed by atoms with Gasteiger partial charge in [0.1, 0.15) is 0 Å². The van der Waals surface area contributed by atoms with E-state index in [4.69, 9.17) is 62.8 Å². The van der Waals surface area contributed by atoms with E-state index in [1.54, 1.807) is 59.9 Å². The van der Waals surface area contributed by atoms with E-state index in [1.165, 1.54) is 9.69 Å². The number of amides is 1. The number of benzene rings is 4. The molecule has 23 heteroatoms. The fraction of sp³-hybridized carbons (Fsp3) is 0.269. The first-order chi connectivity index (χ1) is 35.7. The molecule has 8 rings (SSSR count). The molecule has 2 fully saturated rings. The van der Waals surface area contributed by atoms with Crippen LogP contribution in [0.2, 0.25) is 20.1 Å². The van der Waals surface area contributed by atoms with Crippen LogP contribution in [0.3, 0.4) is 0 Å². The third-order valence-corrected chi connectivity index (χ3v) is 15.7. The highest BCUT2D eigenvalue weighted by Gasteiger charge is 2.28. The van der Waals surface area contributed by atoms with Gasteiger partial charge < -0.3 is 5.11 Å². The van der Waals surface area contributed by atoms with Crippen molar-refractivity contribution in [1.82, 2.24) is 35.0 Å². The number of unbranched alkanes of at least 4 members (excludes halogenated alkanes) is 2. The second-order valence-electron chi connectivity index (χ2n) is 16.8. The minimum absolute atomic E-state index is 0.0158. The number of hydrogen-bond acceptors (Lipinski definition) is 13. The van der Waals surface area contributed by atoms with Gasteiger partial charge in [-0.05, 0) is 74.5 Å². The summed E-state index contributed by atoms with van der Waals surface area (Å²) in [6, 6.07) is 29.0. The van der Waals surface area contributed by atoms with Crippen LogP contribution in [0.1, 0.15) is 68.9 Å². The Morgan fingerprint density at radius 3 is 1.41 bits per heavy atom. The van der Waals surface area contributed by atoms with Crippen molar-refractivity contribution in [3.05, 3.63) is 139 Å². The smallest absolute Gasteiger partial charge is 0.356 e. The molecule has 2 aliphatic heterocycles. The minimum Gasteiger partial charge on any atom is -0.476 e. The Morgan fingerprint density at radius 2 is 1.03 bits per heavy atom. The molecule has 388 valence electrons. The van der Waals surface area contributed by atoms with Gasteiger partial charge in [-0.2, -0.15) is 20.7 Å². The number of carbonyl (C=O) groups excluding carboxylic acids is 1. The number of sulfone groups is 2. The summed E-state index contributed by atoms with van der Waals surface area (Å²) < 4.78 is 48.0. The Bertz CT molecular complexity index is 3520. The lowest BCUT2D eigenvalue weighted by atomic mass is 10.0. The summed E-state index contributed by atoms with van der Waals surface area (Å²) in [5.74, 6) is 16.1. The lowest BCUT2D eigenvalue weighted by Crippen LogP contribution is -2.50. The Labute approximate surface area is 455 Å². The molecular formula is C52H48Cl4N10O7S2. The molecule has 1 amide bonds. The zero-order valence-corrected chi connectivity index (χ0v) is 45.1. The van der Waals surface area contributed by atoms with Crippen molar-refractivity contribution in [2.45, 2.75) is 39.5 Å². The highest BCUT2D eigenvalue weighted by Crippen LogP contribution is 2.35. The van der Waals surface area contributed by atoms with Gasteiger partial charge in [0.2, 0.25) is 0 Å². The number of hydrogen-bond donors (Lipinski definition) is 3. The van der Waals surface area contributed by atoms with E-state index >= 15 is 0 Å². The summed E-state index contributed by atoms with van der Waals surface area (Å²) in [4.78, 5) is 24.9. The fourth-order valence-corrected chi connectivity index (χ4v) is 10.9. The Hall–Kier alpha value is -6.72. The topological polar surface area (TPSA) is 250 Å². The van der Waals surface area contributed by atoms with Crippen LogP contribution in [0.25, 0.3) is 33.9 Å². The summed E-state index contributed by atoms with van der Waals surface area (Å²) in [5, 5.41) is 40.4. The first-order valence-corrected chi connectivity index (χ1v) is 28.1. The van der Waals surface area contributed by atoms with Crippen LogP contribution >= 0.6 is 46.4 Å². The molecule has 2 aliphatic rings. The molecule has 0 radical (unpaired) electrons. The van der Waals surface area contributed by atoms with E-state index < -0.39 is 31.6 Å². The molecular weight excluding hydrogens is 1080 g/mol. The Kier molecular flexibility index (Phi) is 20.1. The van der Waals surface area contributed by atoms with Crippen molar-refractivity contribution in [2.75, 3.05) is 49.2 Å². The lowest BCUT2D eigenvalue weighted by Gasteiger charge is -2.26. The minimum atomic E-state index is -3.08. The van der Waals surface area contributed by atoms with Crippen LogP contribution in [-0.2, 0) is 19.7 Å². The Balaban J connectivity index is 0.000000213. The third-order valence-electron chi connectivity index (χ3n) is 11.4. The molecule has 0 bridgehead atoms. The van der Waals surface area contributed by atoms with Gasteiger partial charge in [0, 0.05) is 95.3 Å². The highest BCUT2D eigenvalue weighted by molar-refractivity contribution is 7.91. The molecule has 0 unspecified atom stereocenters. The molecule has 2 aromatic heterocycles. The van der Waals surface area contributed by atoms with Crippen molar-refractivity contribution in [1.29, 1.82) is 10.5 Å². The summed E-state index contributed by atoms with van der Waals surface area (Å²) in [6.45, 7) is 4.88. The molecule has 17 nitrogen and oxygen atoms in total. The van der Waals surface area contributed by atoms with E-state index in [-0.39, 0.29) is 47.5 Å². The summed E-state index contributed by atoms with van der Waals surface area (Å²) in [6.07, 6.45) is 1.79. The SMILES string of the molecule is Cc1c(C(=O)NN2CCS(=O)(=O)CC2)nn(-c2ccc(Cl)cc2Cl)c1-c1ccc(C#CCCC#N)cc1.Cc1c(C(=O)O)nn(-c2ccc(Cl)cc2Cl)c1-c1ccc(C#CCCC#N)cc1.NN1CCS(=O)(=O)CC1. The van der Waals surface area contributed by atoms with Crippen LogP contribution in [0.5, 0.6) is 0 Å². The van der Waals surface area contributed by atoms with Crippen molar-refractivity contribution in [2.24, 2.45) is 5.84 Å². The van der Waals surface area contributed by atoms with E-state index in [2.05, 4.69) is 51.4 Å². The van der Waals surface area contributed by atoms with Gasteiger partial charge >= 0.3 is 5.97 Å². The van der Waals surface area contributed by atoms with Gasteiger partial charge in [-0.15, -0.1) is 0 Å². The molecule has 75 heavy (non-hydrogen) atoms. The number of nitriles is 2. The average molecular weight is 1130 g/mol. The Morgan fingerprint density at radius 1 is 0.627 bits per heavy atom. The molecule has 0 spiro atoms. The van der Waals surface area contributed by atoms with Crippen LogP contribution in [0, 0.1) is 60.2 Å². The summed E-state index contributed by atoms with van der Waals surface area (Å²) in [7, 11) is -5.82. The average Bonchev–Trinajstić information content (AvgIpc) is 3.90. The number of halogens is 4. The largest absolute Gasteiger partial charge is 0.476 e. The fourth-order valence-electron chi connectivity index (χ4n) is 7.48. The second-order valence-corrected chi connectivity index (χ2v) is 23.1. The summed E-state index contributed by atoms with van der Waals surface area (Å²) >= 11 is 24.9. The number of nitrogens with zero attached hydrogens (tertiary/aromatic N) is 8. The summed E-state index contributed by atoms with van der Waals surface area (Å²) in [5.41, 5.74) is 9.61. The van der Waals surface area contributed by atoms with Crippen LogP contribution < -0.4 is 11.3 Å². The van der Waals surface area contributed by atoms with Gasteiger partial charge in [-0.1, -0.05) is 94.4 Å². The normalized spacial score (nSPS) is 14.6. The van der Waals surface area contributed by atoms with Gasteiger partial charge in [0.05, 0.1) is 68.0 Å². The molecule has 4 N–H and O–H groups in total. The maximum absolute atomic E-state index is 13.2. The van der Waals surface area contributed by atoms with E-state index in [0.717, 1.165) is 22.3 Å². The maximum atomic E-state index is 13.2. The van der Waals surface area contributed by atoms with E-state index in [1.807, 2.05) is 48.5 Å². The molecule has 6 aromatic rings. The van der Waals surface area contributed by atoms with Gasteiger partial charge in [0.25, 0.3) is 5.91 Å². The van der Waals surface area contributed by atoms with E-state index in [9.17, 15) is 31.5 Å². The standard InChI is InChI=1S/C26H23Cl2N5O3S.C22H15Cl2N3O2.C4H10N2O2S/c1-18-24(26(34)31-32-13-15-37(35,36)16-14-32)30-33(23-11-10-21(27)17-22(23)28)25(18)20-8-6-19(7-9-20)5-3-2-4-12-29;1-14-20(22(28)29)26-27(19-11-10-17(23)13-18(19)24)21(14)16-8-6-15(7-9-16)5-3-2-4-12-25;5-6-1-3-9(7,8)4-2-6/h6-11,17H,2,4,13-16H2,1H3,(H,31,34);6-11,13H,2,4H2,1H3,(H,28,29);1-5H2. The first kappa shape index (κ1) is 57.6. The van der Waals surface area contributed by atoms with Crippen LogP contribution in [-0.4, -0.2) is 113 Å². The molecule has 0 aliphatic carbocycles. The third kappa shape index (κ3) is 15.7. The van der Waals surface area contributed by atoms with Gasteiger partial charge in [0.15, 0.2) is 31.1 Å². The molecule has 0 atom stereocenters.